The lowest BCUT2D eigenvalue weighted by atomic mass is 9.43. The summed E-state index contributed by atoms with van der Waals surface area (Å²) in [7, 11) is 0. The molecule has 4 aliphatic rings. The summed E-state index contributed by atoms with van der Waals surface area (Å²) >= 11 is 0. The van der Waals surface area contributed by atoms with Crippen LogP contribution in [0.25, 0.3) is 0 Å². The molecule has 4 aliphatic carbocycles. The average Bonchev–Trinajstić information content (AvgIpc) is 3.32. The number of aliphatic hydroxyl groups is 4. The van der Waals surface area contributed by atoms with Gasteiger partial charge in [0.1, 0.15) is 5.60 Å². The molecule has 0 heterocycles. The van der Waals surface area contributed by atoms with E-state index in [1.54, 1.807) is 0 Å². The molecular weight excluding hydrogens is 496 g/mol. The van der Waals surface area contributed by atoms with Crippen molar-refractivity contribution >= 4 is 0 Å². The van der Waals surface area contributed by atoms with Crippen molar-refractivity contribution in [2.75, 3.05) is 0 Å². The number of hydrogen-bond acceptors (Lipinski definition) is 4. The average molecular weight is 547 g/mol. The maximum Gasteiger partial charge on any atom is 0.115 e. The van der Waals surface area contributed by atoms with E-state index in [1.807, 2.05) is 60.7 Å². The van der Waals surface area contributed by atoms with Crippen molar-refractivity contribution in [1.29, 1.82) is 0 Å². The molecule has 0 spiro atoms. The van der Waals surface area contributed by atoms with E-state index in [0.717, 1.165) is 62.5 Å². The van der Waals surface area contributed by atoms with E-state index in [0.29, 0.717) is 36.0 Å². The molecule has 11 atom stereocenters. The van der Waals surface area contributed by atoms with Crippen molar-refractivity contribution in [3.8, 4) is 0 Å². The predicted octanol–water partition coefficient (Wildman–Crippen LogP) is 6.30. The SMILES string of the molecule is C[C@@H](CCC(O)(c1ccccc1)c1ccccc1)[C@@H]1CC[C@@H]2[C@H]3[C@H](O)C[C@H]4C[C@@H](O)CC[C@]4(C)[C@@H]3C[C@@H](O)[C@]21C. The second-order valence-corrected chi connectivity index (χ2v) is 14.6. The van der Waals surface area contributed by atoms with E-state index >= 15 is 0 Å². The second kappa shape index (κ2) is 10.5. The fourth-order valence-electron chi connectivity index (χ4n) is 10.7. The van der Waals surface area contributed by atoms with Gasteiger partial charge >= 0.3 is 0 Å². The predicted molar refractivity (Wildman–Crippen MR) is 158 cm³/mol. The van der Waals surface area contributed by atoms with Crippen LogP contribution in [0.5, 0.6) is 0 Å². The largest absolute Gasteiger partial charge is 0.393 e. The summed E-state index contributed by atoms with van der Waals surface area (Å²) in [5.74, 6) is 1.90. The van der Waals surface area contributed by atoms with Gasteiger partial charge in [0.05, 0.1) is 18.3 Å². The van der Waals surface area contributed by atoms with Gasteiger partial charge < -0.3 is 20.4 Å². The molecule has 4 N–H and O–H groups in total. The smallest absolute Gasteiger partial charge is 0.115 e. The fourth-order valence-corrected chi connectivity index (χ4v) is 10.7. The summed E-state index contributed by atoms with van der Waals surface area (Å²) in [6.45, 7) is 7.04. The monoisotopic (exact) mass is 546 g/mol. The van der Waals surface area contributed by atoms with Gasteiger partial charge in [-0.15, -0.1) is 0 Å². The Kier molecular flexibility index (Phi) is 7.47. The Morgan fingerprint density at radius 2 is 1.45 bits per heavy atom. The molecule has 0 amide bonds. The minimum Gasteiger partial charge on any atom is -0.393 e. The maximum absolute atomic E-state index is 12.1. The first-order chi connectivity index (χ1) is 19.1. The van der Waals surface area contributed by atoms with Gasteiger partial charge in [-0.25, -0.2) is 0 Å². The molecule has 0 radical (unpaired) electrons. The molecule has 6 rings (SSSR count). The Morgan fingerprint density at radius 1 is 0.825 bits per heavy atom. The molecule has 4 heteroatoms. The van der Waals surface area contributed by atoms with E-state index in [9.17, 15) is 20.4 Å². The van der Waals surface area contributed by atoms with Crippen LogP contribution < -0.4 is 0 Å². The highest BCUT2D eigenvalue weighted by atomic mass is 16.3. The third-order valence-electron chi connectivity index (χ3n) is 13.0. The number of aliphatic hydroxyl groups excluding tert-OH is 3. The van der Waals surface area contributed by atoms with Crippen LogP contribution in [0, 0.1) is 46.3 Å². The highest BCUT2D eigenvalue weighted by Crippen LogP contribution is 2.68. The van der Waals surface area contributed by atoms with E-state index in [2.05, 4.69) is 20.8 Å². The molecule has 2 aromatic rings. The van der Waals surface area contributed by atoms with Gasteiger partial charge in [0.25, 0.3) is 0 Å². The zero-order valence-electron chi connectivity index (χ0n) is 24.6. The van der Waals surface area contributed by atoms with Crippen LogP contribution in [-0.2, 0) is 5.60 Å². The van der Waals surface area contributed by atoms with Crippen LogP contribution in [0.1, 0.15) is 89.7 Å². The summed E-state index contributed by atoms with van der Waals surface area (Å²) < 4.78 is 0. The van der Waals surface area contributed by atoms with Crippen molar-refractivity contribution in [1.82, 2.24) is 0 Å². The van der Waals surface area contributed by atoms with Crippen LogP contribution in [0.2, 0.25) is 0 Å². The van der Waals surface area contributed by atoms with Crippen LogP contribution in [-0.4, -0.2) is 38.7 Å². The highest BCUT2D eigenvalue weighted by Gasteiger charge is 2.65. The molecule has 40 heavy (non-hydrogen) atoms. The normalized spacial score (nSPS) is 42.0. The van der Waals surface area contributed by atoms with Crippen molar-refractivity contribution < 1.29 is 20.4 Å². The van der Waals surface area contributed by atoms with E-state index in [4.69, 9.17) is 0 Å². The van der Waals surface area contributed by atoms with Crippen molar-refractivity contribution in [3.63, 3.8) is 0 Å². The third kappa shape index (κ3) is 4.40. The Balaban J connectivity index is 1.24. The molecule has 218 valence electrons. The first kappa shape index (κ1) is 28.4. The topological polar surface area (TPSA) is 80.9 Å². The van der Waals surface area contributed by atoms with Crippen molar-refractivity contribution in [3.05, 3.63) is 71.8 Å². The molecule has 0 unspecified atom stereocenters. The van der Waals surface area contributed by atoms with Crippen molar-refractivity contribution in [2.24, 2.45) is 46.3 Å². The second-order valence-electron chi connectivity index (χ2n) is 14.6. The van der Waals surface area contributed by atoms with E-state index in [1.165, 1.54) is 0 Å². The summed E-state index contributed by atoms with van der Waals surface area (Å²) in [4.78, 5) is 0. The first-order valence-corrected chi connectivity index (χ1v) is 16.0. The Bertz CT molecular complexity index is 1110. The summed E-state index contributed by atoms with van der Waals surface area (Å²) in [6.07, 6.45) is 6.85. The Hall–Kier alpha value is -1.72. The minimum atomic E-state index is -1.05. The summed E-state index contributed by atoms with van der Waals surface area (Å²) in [6, 6.07) is 20.1. The zero-order chi connectivity index (χ0) is 28.3. The van der Waals surface area contributed by atoms with Crippen LogP contribution in [0.3, 0.4) is 0 Å². The maximum atomic E-state index is 12.1. The molecule has 0 aliphatic heterocycles. The van der Waals surface area contributed by atoms with Gasteiger partial charge in [-0.2, -0.15) is 0 Å². The fraction of sp³-hybridized carbons (Fsp3) is 0.667. The first-order valence-electron chi connectivity index (χ1n) is 16.0. The van der Waals surface area contributed by atoms with Gasteiger partial charge in [0.15, 0.2) is 0 Å². The minimum absolute atomic E-state index is 0.0942. The van der Waals surface area contributed by atoms with E-state index < -0.39 is 5.60 Å². The zero-order valence-corrected chi connectivity index (χ0v) is 24.6. The van der Waals surface area contributed by atoms with Crippen LogP contribution in [0.15, 0.2) is 60.7 Å². The third-order valence-corrected chi connectivity index (χ3v) is 13.0. The van der Waals surface area contributed by atoms with E-state index in [-0.39, 0.29) is 35.1 Å². The highest BCUT2D eigenvalue weighted by molar-refractivity contribution is 5.35. The van der Waals surface area contributed by atoms with Gasteiger partial charge in [0.2, 0.25) is 0 Å². The van der Waals surface area contributed by atoms with Gasteiger partial charge in [-0.3, -0.25) is 0 Å². The lowest BCUT2D eigenvalue weighted by Gasteiger charge is -2.63. The Labute approximate surface area is 240 Å². The molecule has 0 saturated heterocycles. The quantitative estimate of drug-likeness (QED) is 0.343. The molecular formula is C36H50O4. The van der Waals surface area contributed by atoms with Gasteiger partial charge in [0, 0.05) is 0 Å². The van der Waals surface area contributed by atoms with Crippen LogP contribution >= 0.6 is 0 Å². The molecule has 4 nitrogen and oxygen atoms in total. The van der Waals surface area contributed by atoms with Crippen LogP contribution in [0.4, 0.5) is 0 Å². The lowest BCUT2D eigenvalue weighted by molar-refractivity contribution is -0.207. The number of hydrogen-bond donors (Lipinski definition) is 4. The molecule has 0 bridgehead atoms. The number of fused-ring (bicyclic) bond motifs is 5. The number of benzene rings is 2. The molecule has 4 saturated carbocycles. The molecule has 0 aromatic heterocycles. The number of rotatable bonds is 6. The molecule has 4 fully saturated rings. The summed E-state index contributed by atoms with van der Waals surface area (Å²) in [5.41, 5.74) is 0.666. The Morgan fingerprint density at radius 3 is 2.08 bits per heavy atom. The lowest BCUT2D eigenvalue weighted by Crippen LogP contribution is -2.62. The van der Waals surface area contributed by atoms with Crippen molar-refractivity contribution in [2.45, 2.75) is 102 Å². The van der Waals surface area contributed by atoms with Gasteiger partial charge in [-0.05, 0) is 115 Å². The molecule has 2 aromatic carbocycles. The standard InChI is InChI=1S/C36H50O4/c1-23(16-19-36(40,24-10-6-4-7-11-24)25-12-8-5-9-13-25)28-14-15-29-33-30(22-32(39)35(28,29)3)34(2)18-17-27(37)20-26(34)21-31(33)38/h4-13,23,26-33,37-40H,14-22H2,1-3H3/t23-,26+,27-,28-,29+,30+,31+,32+,33+,34-,35-/m0/s1. The summed E-state index contributed by atoms with van der Waals surface area (Å²) in [5, 5.41) is 46.1. The van der Waals surface area contributed by atoms with Gasteiger partial charge in [-0.1, -0.05) is 81.4 Å².